The van der Waals surface area contributed by atoms with E-state index in [1.165, 1.54) is 12.8 Å². The number of halogens is 1. The second-order valence-corrected chi connectivity index (χ2v) is 6.68. The summed E-state index contributed by atoms with van der Waals surface area (Å²) in [4.78, 5) is 6.51. The molecule has 1 aromatic carbocycles. The Morgan fingerprint density at radius 1 is 1.46 bits per heavy atom. The molecule has 2 N–H and O–H groups in total. The molecule has 0 aromatic heterocycles. The van der Waals surface area contributed by atoms with E-state index < -0.39 is 6.10 Å². The predicted molar refractivity (Wildman–Crippen MR) is 98.4 cm³/mol. The maximum Gasteiger partial charge on any atom is 0.194 e. The second-order valence-electron chi connectivity index (χ2n) is 6.28. The van der Waals surface area contributed by atoms with Gasteiger partial charge in [-0.2, -0.15) is 0 Å². The molecule has 0 amide bonds. The van der Waals surface area contributed by atoms with Gasteiger partial charge in [-0.05, 0) is 37.3 Å². The minimum Gasteiger partial charge on any atom is -0.389 e. The summed E-state index contributed by atoms with van der Waals surface area (Å²) in [5.74, 6) is 1.46. The zero-order valence-corrected chi connectivity index (χ0v) is 15.3. The maximum atomic E-state index is 10.0. The zero-order chi connectivity index (χ0) is 17.4. The van der Waals surface area contributed by atoms with Crippen molar-refractivity contribution in [3.8, 4) is 0 Å². The molecule has 0 aliphatic heterocycles. The first-order valence-electron chi connectivity index (χ1n) is 8.58. The largest absolute Gasteiger partial charge is 0.389 e. The van der Waals surface area contributed by atoms with E-state index >= 15 is 0 Å². The topological polar surface area (TPSA) is 57.1 Å². The third-order valence-corrected chi connectivity index (χ3v) is 4.24. The first-order valence-corrected chi connectivity index (χ1v) is 8.96. The number of aliphatic imine (C=N–C) groups is 1. The Labute approximate surface area is 149 Å². The van der Waals surface area contributed by atoms with Crippen molar-refractivity contribution >= 4 is 17.6 Å². The predicted octanol–water partition coefficient (Wildman–Crippen LogP) is 2.52. The molecular weight excluding hydrogens is 326 g/mol. The molecule has 6 heteroatoms. The summed E-state index contributed by atoms with van der Waals surface area (Å²) < 4.78 is 5.51. The molecule has 1 aliphatic carbocycles. The Morgan fingerprint density at radius 2 is 2.21 bits per heavy atom. The number of rotatable bonds is 9. The van der Waals surface area contributed by atoms with E-state index in [9.17, 15) is 5.11 Å². The Bertz CT molecular complexity index is 535. The van der Waals surface area contributed by atoms with Crippen LogP contribution in [0.2, 0.25) is 5.02 Å². The molecule has 0 spiro atoms. The number of benzene rings is 1. The van der Waals surface area contributed by atoms with E-state index in [4.69, 9.17) is 16.3 Å². The zero-order valence-electron chi connectivity index (χ0n) is 14.5. The fourth-order valence-electron chi connectivity index (χ4n) is 2.33. The summed E-state index contributed by atoms with van der Waals surface area (Å²) in [6.45, 7) is 4.86. The van der Waals surface area contributed by atoms with Crippen molar-refractivity contribution in [2.45, 2.75) is 32.4 Å². The number of hydrogen-bond acceptors (Lipinski definition) is 3. The van der Waals surface area contributed by atoms with Crippen molar-refractivity contribution in [3.63, 3.8) is 0 Å². The summed E-state index contributed by atoms with van der Waals surface area (Å²) in [5, 5.41) is 14.0. The van der Waals surface area contributed by atoms with E-state index in [1.807, 2.05) is 43.1 Å². The number of aliphatic hydroxyl groups is 1. The molecule has 24 heavy (non-hydrogen) atoms. The summed E-state index contributed by atoms with van der Waals surface area (Å²) in [6, 6.07) is 7.78. The normalized spacial score (nSPS) is 16.1. The summed E-state index contributed by atoms with van der Waals surface area (Å²) in [6.07, 6.45) is 1.93. The van der Waals surface area contributed by atoms with Crippen LogP contribution >= 0.6 is 11.6 Å². The van der Waals surface area contributed by atoms with Gasteiger partial charge in [-0.25, -0.2) is 0 Å². The first-order chi connectivity index (χ1) is 11.6. The highest BCUT2D eigenvalue weighted by Gasteiger charge is 2.21. The molecule has 1 unspecified atom stereocenters. The van der Waals surface area contributed by atoms with E-state index in [2.05, 4.69) is 10.3 Å². The summed E-state index contributed by atoms with van der Waals surface area (Å²) in [7, 11) is 1.96. The monoisotopic (exact) mass is 353 g/mol. The molecule has 1 saturated carbocycles. The van der Waals surface area contributed by atoms with Gasteiger partial charge in [0.1, 0.15) is 0 Å². The van der Waals surface area contributed by atoms with Crippen LogP contribution in [0.3, 0.4) is 0 Å². The quantitative estimate of drug-likeness (QED) is 0.529. The molecule has 1 aromatic rings. The Balaban J connectivity index is 1.84. The molecule has 5 nitrogen and oxygen atoms in total. The SMILES string of the molecule is CCNC(=NCC(O)COCC1CC1)N(C)Cc1ccccc1Cl. The minimum atomic E-state index is -0.578. The van der Waals surface area contributed by atoms with Crippen LogP contribution in [0.15, 0.2) is 29.3 Å². The van der Waals surface area contributed by atoms with E-state index in [0.29, 0.717) is 25.6 Å². The molecule has 134 valence electrons. The van der Waals surface area contributed by atoms with Gasteiger partial charge in [0, 0.05) is 31.8 Å². The smallest absolute Gasteiger partial charge is 0.194 e. The summed E-state index contributed by atoms with van der Waals surface area (Å²) in [5.41, 5.74) is 1.04. The van der Waals surface area contributed by atoms with Gasteiger partial charge >= 0.3 is 0 Å². The van der Waals surface area contributed by atoms with Gasteiger partial charge < -0.3 is 20.1 Å². The lowest BCUT2D eigenvalue weighted by atomic mass is 10.2. The highest BCUT2D eigenvalue weighted by molar-refractivity contribution is 6.31. The molecule has 2 rings (SSSR count). The fraction of sp³-hybridized carbons (Fsp3) is 0.611. The third-order valence-electron chi connectivity index (χ3n) is 3.87. The standard InChI is InChI=1S/C18H28ClN3O2/c1-3-20-18(21-10-16(23)13-24-12-14-8-9-14)22(2)11-15-6-4-5-7-17(15)19/h4-7,14,16,23H,3,8-13H2,1-2H3,(H,20,21). The van der Waals surface area contributed by atoms with Crippen molar-refractivity contribution in [3.05, 3.63) is 34.9 Å². The Kier molecular flexibility index (Phi) is 7.82. The minimum absolute atomic E-state index is 0.319. The maximum absolute atomic E-state index is 10.0. The van der Waals surface area contributed by atoms with Gasteiger partial charge in [0.25, 0.3) is 0 Å². The van der Waals surface area contributed by atoms with E-state index in [-0.39, 0.29) is 0 Å². The molecular formula is C18H28ClN3O2. The van der Waals surface area contributed by atoms with Gasteiger partial charge in [0.15, 0.2) is 5.96 Å². The van der Waals surface area contributed by atoms with Crippen LogP contribution in [0, 0.1) is 5.92 Å². The van der Waals surface area contributed by atoms with Crippen LogP contribution in [-0.2, 0) is 11.3 Å². The van der Waals surface area contributed by atoms with Crippen LogP contribution in [0.25, 0.3) is 0 Å². The molecule has 1 atom stereocenters. The summed E-state index contributed by atoms with van der Waals surface area (Å²) >= 11 is 6.22. The van der Waals surface area contributed by atoms with Crippen LogP contribution in [0.1, 0.15) is 25.3 Å². The van der Waals surface area contributed by atoms with E-state index in [1.54, 1.807) is 0 Å². The number of nitrogens with zero attached hydrogens (tertiary/aromatic N) is 2. The fourth-order valence-corrected chi connectivity index (χ4v) is 2.52. The highest BCUT2D eigenvalue weighted by Crippen LogP contribution is 2.28. The van der Waals surface area contributed by atoms with Gasteiger partial charge in [0.2, 0.25) is 0 Å². The van der Waals surface area contributed by atoms with Crippen molar-refractivity contribution in [1.29, 1.82) is 0 Å². The molecule has 0 radical (unpaired) electrons. The van der Waals surface area contributed by atoms with Crippen LogP contribution in [0.4, 0.5) is 0 Å². The van der Waals surface area contributed by atoms with Crippen molar-refractivity contribution in [2.24, 2.45) is 10.9 Å². The van der Waals surface area contributed by atoms with Crippen molar-refractivity contribution in [1.82, 2.24) is 10.2 Å². The molecule has 0 bridgehead atoms. The van der Waals surface area contributed by atoms with Gasteiger partial charge in [-0.15, -0.1) is 0 Å². The number of ether oxygens (including phenoxy) is 1. The van der Waals surface area contributed by atoms with Gasteiger partial charge in [0.05, 0.1) is 19.3 Å². The number of hydrogen-bond donors (Lipinski definition) is 2. The molecule has 0 heterocycles. The lowest BCUT2D eigenvalue weighted by Crippen LogP contribution is -2.39. The second kappa shape index (κ2) is 9.87. The average molecular weight is 354 g/mol. The Hall–Kier alpha value is -1.30. The first kappa shape index (κ1) is 19.0. The lowest BCUT2D eigenvalue weighted by Gasteiger charge is -2.23. The van der Waals surface area contributed by atoms with Crippen molar-refractivity contribution in [2.75, 3.05) is 33.4 Å². The van der Waals surface area contributed by atoms with Gasteiger partial charge in [-0.3, -0.25) is 4.99 Å². The molecule has 1 aliphatic rings. The van der Waals surface area contributed by atoms with Gasteiger partial charge in [-0.1, -0.05) is 29.8 Å². The number of aliphatic hydroxyl groups excluding tert-OH is 1. The third kappa shape index (κ3) is 6.67. The van der Waals surface area contributed by atoms with Crippen LogP contribution < -0.4 is 5.32 Å². The highest BCUT2D eigenvalue weighted by atomic mass is 35.5. The Morgan fingerprint density at radius 3 is 2.88 bits per heavy atom. The average Bonchev–Trinajstić information content (AvgIpc) is 3.37. The molecule has 0 saturated heterocycles. The van der Waals surface area contributed by atoms with Crippen LogP contribution in [0.5, 0.6) is 0 Å². The van der Waals surface area contributed by atoms with Crippen molar-refractivity contribution < 1.29 is 9.84 Å². The molecule has 1 fully saturated rings. The number of guanidine groups is 1. The number of nitrogens with one attached hydrogen (secondary N) is 1. The van der Waals surface area contributed by atoms with E-state index in [0.717, 1.165) is 29.7 Å². The lowest BCUT2D eigenvalue weighted by molar-refractivity contribution is 0.0367. The van der Waals surface area contributed by atoms with Crippen LogP contribution in [-0.4, -0.2) is 55.4 Å².